The molecule has 0 atom stereocenters. The number of nitrogens with one attached hydrogen (secondary N) is 3. The Balaban J connectivity index is 1.34. The van der Waals surface area contributed by atoms with Crippen molar-refractivity contribution in [2.75, 3.05) is 5.32 Å². The summed E-state index contributed by atoms with van der Waals surface area (Å²) < 4.78 is 0. The highest BCUT2D eigenvalue weighted by atomic mass is 32.1. The number of aromatic nitrogens is 4. The number of thiophene rings is 1. The molecule has 7 nitrogen and oxygen atoms in total. The van der Waals surface area contributed by atoms with Gasteiger partial charge < -0.3 is 5.32 Å². The highest BCUT2D eigenvalue weighted by Gasteiger charge is 2.23. The number of H-pyrrole nitrogens is 1. The largest absolute Gasteiger partial charge is 0.334 e. The number of urea groups is 1. The van der Waals surface area contributed by atoms with Crippen LogP contribution in [-0.4, -0.2) is 26.4 Å². The average molecular weight is 360 g/mol. The Bertz CT molecular complexity index is 821. The van der Waals surface area contributed by atoms with Crippen LogP contribution in [0.3, 0.4) is 0 Å². The zero-order valence-corrected chi connectivity index (χ0v) is 14.4. The lowest BCUT2D eigenvalue weighted by atomic mass is 9.86. The van der Waals surface area contributed by atoms with Gasteiger partial charge in [0.2, 0.25) is 5.13 Å². The topological polar surface area (TPSA) is 95.6 Å². The minimum absolute atomic E-state index is 0.287. The van der Waals surface area contributed by atoms with Gasteiger partial charge in [-0.15, -0.1) is 21.5 Å². The average Bonchev–Trinajstić information content (AvgIpc) is 3.24. The Hall–Kier alpha value is -2.26. The third-order valence-corrected chi connectivity index (χ3v) is 5.93. The lowest BCUT2D eigenvalue weighted by molar-refractivity contribution is 0.251. The summed E-state index contributed by atoms with van der Waals surface area (Å²) in [5, 5.41) is 24.4. The first-order valence-electron chi connectivity index (χ1n) is 7.74. The zero-order valence-electron chi connectivity index (χ0n) is 12.8. The molecule has 0 aliphatic heterocycles. The molecule has 3 heterocycles. The number of nitrogens with zero attached hydrogens (tertiary/aromatic N) is 3. The van der Waals surface area contributed by atoms with Gasteiger partial charge in [0.1, 0.15) is 5.01 Å². The summed E-state index contributed by atoms with van der Waals surface area (Å²) in [5.41, 5.74) is 1.88. The van der Waals surface area contributed by atoms with Crippen molar-refractivity contribution < 1.29 is 4.79 Å². The first-order valence-corrected chi connectivity index (χ1v) is 9.43. The Morgan fingerprint density at radius 1 is 1.38 bits per heavy atom. The lowest BCUT2D eigenvalue weighted by Gasteiger charge is -2.21. The van der Waals surface area contributed by atoms with Crippen LogP contribution in [-0.2, 0) is 6.54 Å². The molecular formula is C15H16N6OS2. The molecule has 1 saturated carbocycles. The SMILES string of the molecule is O=C(NCc1cn[nH]c1-c1cccs1)Nc1nnc(C2CCC2)s1. The van der Waals surface area contributed by atoms with E-state index in [4.69, 9.17) is 0 Å². The van der Waals surface area contributed by atoms with Gasteiger partial charge in [-0.25, -0.2) is 4.79 Å². The van der Waals surface area contributed by atoms with Crippen LogP contribution in [0.15, 0.2) is 23.7 Å². The Labute approximate surface area is 146 Å². The van der Waals surface area contributed by atoms with E-state index in [9.17, 15) is 4.79 Å². The van der Waals surface area contributed by atoms with Crippen molar-refractivity contribution in [1.82, 2.24) is 25.7 Å². The summed E-state index contributed by atoms with van der Waals surface area (Å²) in [6.45, 7) is 0.393. The Morgan fingerprint density at radius 2 is 2.29 bits per heavy atom. The molecule has 124 valence electrons. The fourth-order valence-corrected chi connectivity index (χ4v) is 4.16. The van der Waals surface area contributed by atoms with E-state index < -0.39 is 0 Å². The maximum Gasteiger partial charge on any atom is 0.321 e. The summed E-state index contributed by atoms with van der Waals surface area (Å²) in [7, 11) is 0. The fraction of sp³-hybridized carbons (Fsp3) is 0.333. The number of hydrogen-bond acceptors (Lipinski definition) is 6. The predicted molar refractivity (Wildman–Crippen MR) is 94.3 cm³/mol. The summed E-state index contributed by atoms with van der Waals surface area (Å²) in [5.74, 6) is 0.528. The maximum absolute atomic E-state index is 12.1. The molecule has 24 heavy (non-hydrogen) atoms. The quantitative estimate of drug-likeness (QED) is 0.648. The van der Waals surface area contributed by atoms with Crippen molar-refractivity contribution in [2.24, 2.45) is 0 Å². The molecule has 0 aromatic carbocycles. The molecule has 0 bridgehead atoms. The van der Waals surface area contributed by atoms with E-state index in [-0.39, 0.29) is 6.03 Å². The van der Waals surface area contributed by atoms with Crippen molar-refractivity contribution in [3.63, 3.8) is 0 Å². The first-order chi connectivity index (χ1) is 11.8. The Morgan fingerprint density at radius 3 is 3.04 bits per heavy atom. The highest BCUT2D eigenvalue weighted by Crippen LogP contribution is 2.38. The van der Waals surface area contributed by atoms with Crippen molar-refractivity contribution in [1.29, 1.82) is 0 Å². The molecule has 3 aromatic rings. The van der Waals surface area contributed by atoms with Crippen LogP contribution in [0.2, 0.25) is 0 Å². The van der Waals surface area contributed by atoms with E-state index in [1.165, 1.54) is 30.6 Å². The molecular weight excluding hydrogens is 344 g/mol. The van der Waals surface area contributed by atoms with Gasteiger partial charge in [-0.05, 0) is 24.3 Å². The van der Waals surface area contributed by atoms with E-state index in [0.29, 0.717) is 17.6 Å². The number of anilines is 1. The van der Waals surface area contributed by atoms with Gasteiger partial charge in [0.25, 0.3) is 0 Å². The first kappa shape index (κ1) is 15.3. The smallest absolute Gasteiger partial charge is 0.321 e. The molecule has 0 saturated heterocycles. The summed E-state index contributed by atoms with van der Waals surface area (Å²) in [6, 6.07) is 3.72. The molecule has 0 radical (unpaired) electrons. The van der Waals surface area contributed by atoms with Gasteiger partial charge in [0.15, 0.2) is 0 Å². The maximum atomic E-state index is 12.1. The summed E-state index contributed by atoms with van der Waals surface area (Å²) in [4.78, 5) is 13.2. The number of amides is 2. The van der Waals surface area contributed by atoms with Gasteiger partial charge in [0, 0.05) is 18.0 Å². The van der Waals surface area contributed by atoms with Crippen LogP contribution in [0.4, 0.5) is 9.93 Å². The van der Waals surface area contributed by atoms with Gasteiger partial charge in [-0.1, -0.05) is 23.8 Å². The van der Waals surface area contributed by atoms with Crippen LogP contribution in [0, 0.1) is 0 Å². The standard InChI is InChI=1S/C15H16N6OS2/c22-14(18-15-21-20-13(24-15)9-3-1-4-9)16-7-10-8-17-19-12(10)11-5-2-6-23-11/h2,5-6,8-9H,1,3-4,7H2,(H,17,19)(H2,16,18,21,22). The van der Waals surface area contributed by atoms with Crippen LogP contribution in [0.25, 0.3) is 10.6 Å². The number of carbonyl (C=O) groups is 1. The van der Waals surface area contributed by atoms with E-state index in [0.717, 1.165) is 21.1 Å². The normalized spacial score (nSPS) is 14.3. The number of aromatic amines is 1. The van der Waals surface area contributed by atoms with Crippen molar-refractivity contribution in [2.45, 2.75) is 31.7 Å². The van der Waals surface area contributed by atoms with Gasteiger partial charge in [-0.3, -0.25) is 10.4 Å². The summed E-state index contributed by atoms with van der Waals surface area (Å²) in [6.07, 6.45) is 5.33. The van der Waals surface area contributed by atoms with Crippen molar-refractivity contribution >= 4 is 33.8 Å². The molecule has 3 N–H and O–H groups in total. The second-order valence-corrected chi connectivity index (χ2v) is 7.59. The van der Waals surface area contributed by atoms with Gasteiger partial charge >= 0.3 is 6.03 Å². The van der Waals surface area contributed by atoms with Crippen LogP contribution in [0.1, 0.15) is 35.8 Å². The molecule has 9 heteroatoms. The van der Waals surface area contributed by atoms with Gasteiger partial charge in [-0.2, -0.15) is 5.10 Å². The molecule has 1 aliphatic carbocycles. The minimum atomic E-state index is -0.287. The van der Waals surface area contributed by atoms with E-state index in [1.54, 1.807) is 17.5 Å². The third kappa shape index (κ3) is 3.17. The molecule has 4 rings (SSSR count). The molecule has 0 unspecified atom stereocenters. The number of hydrogen-bond donors (Lipinski definition) is 3. The molecule has 0 spiro atoms. The lowest BCUT2D eigenvalue weighted by Crippen LogP contribution is -2.28. The minimum Gasteiger partial charge on any atom is -0.334 e. The van der Waals surface area contributed by atoms with E-state index in [2.05, 4.69) is 31.0 Å². The number of carbonyl (C=O) groups excluding carboxylic acids is 1. The van der Waals surface area contributed by atoms with Crippen molar-refractivity contribution in [3.05, 3.63) is 34.3 Å². The van der Waals surface area contributed by atoms with Crippen LogP contribution in [0.5, 0.6) is 0 Å². The van der Waals surface area contributed by atoms with Crippen LogP contribution >= 0.6 is 22.7 Å². The Kier molecular flexibility index (Phi) is 4.26. The molecule has 1 aliphatic rings. The van der Waals surface area contributed by atoms with Crippen LogP contribution < -0.4 is 10.6 Å². The van der Waals surface area contributed by atoms with Crippen molar-refractivity contribution in [3.8, 4) is 10.6 Å². The zero-order chi connectivity index (χ0) is 16.4. The molecule has 3 aromatic heterocycles. The monoisotopic (exact) mass is 360 g/mol. The number of rotatable bonds is 5. The predicted octanol–water partition coefficient (Wildman–Crippen LogP) is 3.58. The summed E-state index contributed by atoms with van der Waals surface area (Å²) >= 11 is 3.09. The fourth-order valence-electron chi connectivity index (χ4n) is 2.50. The second-order valence-electron chi connectivity index (χ2n) is 5.63. The van der Waals surface area contributed by atoms with E-state index >= 15 is 0 Å². The molecule has 1 fully saturated rings. The van der Waals surface area contributed by atoms with Gasteiger partial charge in [0.05, 0.1) is 16.8 Å². The van der Waals surface area contributed by atoms with E-state index in [1.807, 2.05) is 17.5 Å². The highest BCUT2D eigenvalue weighted by molar-refractivity contribution is 7.15. The molecule has 2 amide bonds. The second kappa shape index (κ2) is 6.70. The third-order valence-electron chi connectivity index (χ3n) is 4.04.